The van der Waals surface area contributed by atoms with Gasteiger partial charge < -0.3 is 5.11 Å². The second kappa shape index (κ2) is 3.74. The van der Waals surface area contributed by atoms with Crippen molar-refractivity contribution in [3.63, 3.8) is 0 Å². The molecule has 0 unspecified atom stereocenters. The fourth-order valence-corrected chi connectivity index (χ4v) is 1.19. The Morgan fingerprint density at radius 2 is 2.27 bits per heavy atom. The molecule has 11 heavy (non-hydrogen) atoms. The molecule has 1 rings (SSSR count). The summed E-state index contributed by atoms with van der Waals surface area (Å²) < 4.78 is 0. The van der Waals surface area contributed by atoms with Crippen LogP contribution in [0.1, 0.15) is 11.1 Å². The summed E-state index contributed by atoms with van der Waals surface area (Å²) >= 11 is 5.74. The molecule has 1 aromatic carbocycles. The van der Waals surface area contributed by atoms with Crippen LogP contribution in [-0.4, -0.2) is 11.7 Å². The quantitative estimate of drug-likeness (QED) is 0.720. The second-order valence-electron chi connectivity index (χ2n) is 2.39. The Kier molecular flexibility index (Phi) is 2.92. The van der Waals surface area contributed by atoms with Crippen LogP contribution in [0.15, 0.2) is 18.2 Å². The van der Waals surface area contributed by atoms with Gasteiger partial charge in [0.15, 0.2) is 0 Å². The van der Waals surface area contributed by atoms with Crippen molar-refractivity contribution in [2.24, 2.45) is 0 Å². The van der Waals surface area contributed by atoms with Gasteiger partial charge in [-0.15, -0.1) is 0 Å². The molecule has 0 fully saturated rings. The zero-order valence-corrected chi connectivity index (χ0v) is 7.10. The van der Waals surface area contributed by atoms with Crippen LogP contribution in [0.25, 0.3) is 0 Å². The number of benzene rings is 1. The minimum absolute atomic E-state index is 0.0719. The lowest BCUT2D eigenvalue weighted by molar-refractivity contribution is 0.331. The Bertz CT molecular complexity index is 245. The van der Waals surface area contributed by atoms with Crippen molar-refractivity contribution in [3.05, 3.63) is 40.8 Å². The molecule has 59 valence electrons. The molecule has 0 aromatic heterocycles. The molecule has 1 nitrogen and oxygen atoms in total. The van der Waals surface area contributed by atoms with E-state index in [4.69, 9.17) is 16.7 Å². The van der Waals surface area contributed by atoms with E-state index in [1.165, 1.54) is 0 Å². The van der Waals surface area contributed by atoms with Crippen molar-refractivity contribution in [3.8, 4) is 0 Å². The molecule has 1 aromatic rings. The summed E-state index contributed by atoms with van der Waals surface area (Å²) in [4.78, 5) is 0. The number of aliphatic hydroxyl groups is 1. The molecule has 1 radical (unpaired) electrons. The fourth-order valence-electron chi connectivity index (χ4n) is 0.966. The number of rotatable bonds is 2. The first kappa shape index (κ1) is 8.57. The highest BCUT2D eigenvalue weighted by atomic mass is 35.5. The van der Waals surface area contributed by atoms with Gasteiger partial charge in [-0.1, -0.05) is 17.7 Å². The summed E-state index contributed by atoms with van der Waals surface area (Å²) in [5.41, 5.74) is 2.13. The maximum absolute atomic E-state index is 8.62. The van der Waals surface area contributed by atoms with Gasteiger partial charge >= 0.3 is 0 Å². The molecule has 0 spiro atoms. The molecule has 0 atom stereocenters. The molecule has 1 N–H and O–H groups in total. The highest BCUT2D eigenvalue weighted by Crippen LogP contribution is 2.15. The van der Waals surface area contributed by atoms with E-state index in [1.807, 2.05) is 25.1 Å². The summed E-state index contributed by atoms with van der Waals surface area (Å²) in [7, 11) is 0. The number of hydrogen-bond donors (Lipinski definition) is 1. The molecule has 2 heteroatoms. The van der Waals surface area contributed by atoms with E-state index in [0.29, 0.717) is 0 Å². The van der Waals surface area contributed by atoms with E-state index < -0.39 is 0 Å². The standard InChI is InChI=1S/C9H10ClO/c1-7-6-9(10)3-2-8(7)4-5-11/h2-4,6,11H,5H2,1H3. The lowest BCUT2D eigenvalue weighted by atomic mass is 10.1. The Morgan fingerprint density at radius 3 is 2.82 bits per heavy atom. The van der Waals surface area contributed by atoms with E-state index in [-0.39, 0.29) is 6.61 Å². The maximum atomic E-state index is 8.62. The molecule has 0 aliphatic heterocycles. The second-order valence-corrected chi connectivity index (χ2v) is 2.82. The van der Waals surface area contributed by atoms with Crippen molar-refractivity contribution >= 4 is 11.6 Å². The Labute approximate surface area is 71.6 Å². The minimum atomic E-state index is 0.0719. The van der Waals surface area contributed by atoms with Crippen LogP contribution in [0, 0.1) is 13.3 Å². The monoisotopic (exact) mass is 169 g/mol. The van der Waals surface area contributed by atoms with E-state index in [1.54, 1.807) is 6.42 Å². The van der Waals surface area contributed by atoms with Crippen LogP contribution in [-0.2, 0) is 0 Å². The molecule has 0 bridgehead atoms. The summed E-state index contributed by atoms with van der Waals surface area (Å²) in [6.07, 6.45) is 1.76. The van der Waals surface area contributed by atoms with E-state index >= 15 is 0 Å². The number of aryl methyl sites for hydroxylation is 1. The van der Waals surface area contributed by atoms with Gasteiger partial charge in [0.05, 0.1) is 6.61 Å². The van der Waals surface area contributed by atoms with Gasteiger partial charge in [-0.05, 0) is 30.2 Å². The third-order valence-electron chi connectivity index (χ3n) is 1.54. The smallest absolute Gasteiger partial charge is 0.0506 e. The average Bonchev–Trinajstić information content (AvgIpc) is 1.95. The zero-order chi connectivity index (χ0) is 8.27. The number of hydrogen-bond acceptors (Lipinski definition) is 1. The van der Waals surface area contributed by atoms with Crippen molar-refractivity contribution in [2.75, 3.05) is 6.61 Å². The van der Waals surface area contributed by atoms with Crippen molar-refractivity contribution in [1.29, 1.82) is 0 Å². The van der Waals surface area contributed by atoms with Gasteiger partial charge in [0.1, 0.15) is 0 Å². The van der Waals surface area contributed by atoms with Crippen LogP contribution < -0.4 is 0 Å². The number of halogens is 1. The topological polar surface area (TPSA) is 20.2 Å². The van der Waals surface area contributed by atoms with E-state index in [2.05, 4.69) is 0 Å². The van der Waals surface area contributed by atoms with Crippen LogP contribution in [0.3, 0.4) is 0 Å². The third kappa shape index (κ3) is 2.21. The van der Waals surface area contributed by atoms with Crippen molar-refractivity contribution in [1.82, 2.24) is 0 Å². The van der Waals surface area contributed by atoms with Crippen LogP contribution in [0.4, 0.5) is 0 Å². The molecule has 0 amide bonds. The average molecular weight is 170 g/mol. The Balaban J connectivity index is 2.90. The van der Waals surface area contributed by atoms with Crippen molar-refractivity contribution < 1.29 is 5.11 Å². The van der Waals surface area contributed by atoms with Crippen LogP contribution in [0.2, 0.25) is 5.02 Å². The maximum Gasteiger partial charge on any atom is 0.0506 e. The zero-order valence-electron chi connectivity index (χ0n) is 6.34. The fraction of sp³-hybridized carbons (Fsp3) is 0.222. The molecule has 0 heterocycles. The van der Waals surface area contributed by atoms with E-state index in [0.717, 1.165) is 16.1 Å². The largest absolute Gasteiger partial charge is 0.396 e. The van der Waals surface area contributed by atoms with Gasteiger partial charge in [-0.3, -0.25) is 0 Å². The predicted octanol–water partition coefficient (Wildman–Crippen LogP) is 2.19. The summed E-state index contributed by atoms with van der Waals surface area (Å²) in [6, 6.07) is 5.59. The summed E-state index contributed by atoms with van der Waals surface area (Å²) in [6.45, 7) is 2.04. The Morgan fingerprint density at radius 1 is 1.55 bits per heavy atom. The lowest BCUT2D eigenvalue weighted by Crippen LogP contribution is -1.90. The molecule has 0 aliphatic rings. The molecular weight excluding hydrogens is 160 g/mol. The van der Waals surface area contributed by atoms with Gasteiger partial charge in [-0.2, -0.15) is 0 Å². The summed E-state index contributed by atoms with van der Waals surface area (Å²) in [5, 5.41) is 9.36. The minimum Gasteiger partial charge on any atom is -0.396 e. The SMILES string of the molecule is Cc1cc(Cl)ccc1[CH]CO. The summed E-state index contributed by atoms with van der Waals surface area (Å²) in [5.74, 6) is 0. The normalized spacial score (nSPS) is 10.1. The van der Waals surface area contributed by atoms with Crippen molar-refractivity contribution in [2.45, 2.75) is 6.92 Å². The lowest BCUT2D eigenvalue weighted by Gasteiger charge is -2.02. The highest BCUT2D eigenvalue weighted by Gasteiger charge is 1.97. The first-order valence-corrected chi connectivity index (χ1v) is 3.82. The molecular formula is C9H10ClO. The first-order valence-electron chi connectivity index (χ1n) is 3.44. The van der Waals surface area contributed by atoms with Gasteiger partial charge in [0.25, 0.3) is 0 Å². The Hall–Kier alpha value is -0.530. The predicted molar refractivity (Wildman–Crippen MR) is 46.7 cm³/mol. The first-order chi connectivity index (χ1) is 5.24. The van der Waals surface area contributed by atoms with Gasteiger partial charge in [0.2, 0.25) is 0 Å². The molecule has 0 saturated heterocycles. The third-order valence-corrected chi connectivity index (χ3v) is 1.78. The van der Waals surface area contributed by atoms with Crippen LogP contribution in [0.5, 0.6) is 0 Å². The molecule has 0 aliphatic carbocycles. The highest BCUT2D eigenvalue weighted by molar-refractivity contribution is 6.30. The van der Waals surface area contributed by atoms with E-state index in [9.17, 15) is 0 Å². The van der Waals surface area contributed by atoms with Crippen LogP contribution >= 0.6 is 11.6 Å². The molecule has 0 saturated carbocycles. The van der Waals surface area contributed by atoms with Gasteiger partial charge in [0, 0.05) is 11.4 Å². The van der Waals surface area contributed by atoms with Gasteiger partial charge in [-0.25, -0.2) is 0 Å². The number of aliphatic hydroxyl groups excluding tert-OH is 1.